The fraction of sp³-hybridized carbons (Fsp3) is 0. The first-order valence-corrected chi connectivity index (χ1v) is 9.57. The lowest BCUT2D eigenvalue weighted by molar-refractivity contribution is 0.473. The lowest BCUT2D eigenvalue weighted by atomic mass is 10.2. The van der Waals surface area contributed by atoms with Gasteiger partial charge in [-0.3, -0.25) is 0 Å². The number of nitrogens with zero attached hydrogens (tertiary/aromatic N) is 4. The Balaban J connectivity index is 1.90. The van der Waals surface area contributed by atoms with Crippen molar-refractivity contribution in [1.82, 2.24) is 19.8 Å². The number of fused-ring (bicyclic) bond motifs is 1. The monoisotopic (exact) mass is 546 g/mol. The Labute approximate surface area is 162 Å². The van der Waals surface area contributed by atoms with Crippen molar-refractivity contribution in [2.24, 2.45) is 0 Å². The van der Waals surface area contributed by atoms with E-state index in [2.05, 4.69) is 60.5 Å². The zero-order chi connectivity index (χ0) is 16.0. The summed E-state index contributed by atoms with van der Waals surface area (Å²) >= 11 is 5.77. The Hall–Kier alpha value is -1.27. The van der Waals surface area contributed by atoms with Gasteiger partial charge >= 0.3 is 0 Å². The third kappa shape index (κ3) is 2.72. The first-order chi connectivity index (χ1) is 11.1. The van der Waals surface area contributed by atoms with Gasteiger partial charge in [0.25, 0.3) is 0 Å². The molecular formula is C15H8I2N4OS. The molecule has 0 unspecified atom stereocenters. The van der Waals surface area contributed by atoms with Crippen LogP contribution in [0.5, 0.6) is 5.75 Å². The number of halogens is 2. The Morgan fingerprint density at radius 3 is 2.61 bits per heavy atom. The molecule has 0 aliphatic rings. The van der Waals surface area contributed by atoms with E-state index in [9.17, 15) is 5.11 Å². The zero-order valence-corrected chi connectivity index (χ0v) is 16.6. The predicted molar refractivity (Wildman–Crippen MR) is 107 cm³/mol. The van der Waals surface area contributed by atoms with Gasteiger partial charge in [-0.2, -0.15) is 9.61 Å². The lowest BCUT2D eigenvalue weighted by Gasteiger charge is -2.04. The minimum atomic E-state index is 0.247. The fourth-order valence-corrected chi connectivity index (χ4v) is 4.92. The van der Waals surface area contributed by atoms with Gasteiger partial charge in [0.05, 0.1) is 9.13 Å². The van der Waals surface area contributed by atoms with Crippen LogP contribution in [0.2, 0.25) is 0 Å². The summed E-state index contributed by atoms with van der Waals surface area (Å²) < 4.78 is 3.58. The van der Waals surface area contributed by atoms with Crippen LogP contribution in [0.25, 0.3) is 26.9 Å². The van der Waals surface area contributed by atoms with Gasteiger partial charge in [0, 0.05) is 9.13 Å². The van der Waals surface area contributed by atoms with Crippen LogP contribution < -0.4 is 0 Å². The number of phenols is 1. The Morgan fingerprint density at radius 1 is 1.04 bits per heavy atom. The molecule has 0 saturated carbocycles. The highest BCUT2D eigenvalue weighted by Gasteiger charge is 2.17. The second-order valence-corrected chi connectivity index (χ2v) is 8.14. The maximum absolute atomic E-state index is 10.3. The van der Waals surface area contributed by atoms with Crippen LogP contribution in [-0.2, 0) is 0 Å². The average Bonchev–Trinajstić information content (AvgIpc) is 3.12. The molecule has 2 aromatic heterocycles. The number of phenolic OH excluding ortho intramolecular Hbond substituents is 1. The second kappa shape index (κ2) is 5.98. The highest BCUT2D eigenvalue weighted by molar-refractivity contribution is 14.1. The molecule has 5 nitrogen and oxygen atoms in total. The van der Waals surface area contributed by atoms with Crippen LogP contribution in [0.4, 0.5) is 0 Å². The van der Waals surface area contributed by atoms with Gasteiger partial charge in [0.2, 0.25) is 4.96 Å². The van der Waals surface area contributed by atoms with Crippen LogP contribution in [0.15, 0.2) is 42.5 Å². The molecule has 8 heteroatoms. The van der Waals surface area contributed by atoms with E-state index >= 15 is 0 Å². The van der Waals surface area contributed by atoms with Crippen LogP contribution >= 0.6 is 56.5 Å². The van der Waals surface area contributed by atoms with Crippen molar-refractivity contribution in [2.75, 3.05) is 0 Å². The first-order valence-electron chi connectivity index (χ1n) is 6.59. The Morgan fingerprint density at radius 2 is 1.83 bits per heavy atom. The van der Waals surface area contributed by atoms with Crippen molar-refractivity contribution in [1.29, 1.82) is 0 Å². The van der Waals surface area contributed by atoms with E-state index in [4.69, 9.17) is 0 Å². The molecule has 0 aliphatic heterocycles. The summed E-state index contributed by atoms with van der Waals surface area (Å²) in [4.78, 5) is 0.701. The molecular weight excluding hydrogens is 538 g/mol. The molecule has 2 heterocycles. The van der Waals surface area contributed by atoms with Crippen molar-refractivity contribution in [3.63, 3.8) is 0 Å². The van der Waals surface area contributed by atoms with Crippen molar-refractivity contribution in [3.05, 3.63) is 49.6 Å². The summed E-state index contributed by atoms with van der Waals surface area (Å²) in [6.07, 6.45) is 0. The summed E-state index contributed by atoms with van der Waals surface area (Å²) in [6.45, 7) is 0. The summed E-state index contributed by atoms with van der Waals surface area (Å²) in [6, 6.07) is 13.7. The molecule has 0 fully saturated rings. The summed E-state index contributed by atoms with van der Waals surface area (Å²) in [5, 5.41) is 24.1. The smallest absolute Gasteiger partial charge is 0.235 e. The number of aromatic hydroxyl groups is 1. The van der Waals surface area contributed by atoms with Crippen molar-refractivity contribution in [2.45, 2.75) is 0 Å². The SMILES string of the molecule is Oc1c(I)cc(I)cc1-c1nn2c(-c3ccccc3)nnc2s1. The maximum atomic E-state index is 10.3. The molecule has 0 atom stereocenters. The van der Waals surface area contributed by atoms with Crippen molar-refractivity contribution < 1.29 is 5.11 Å². The lowest BCUT2D eigenvalue weighted by Crippen LogP contribution is -1.91. The summed E-state index contributed by atoms with van der Waals surface area (Å²) in [5.41, 5.74) is 1.68. The van der Waals surface area contributed by atoms with Crippen LogP contribution in [-0.4, -0.2) is 24.9 Å². The topological polar surface area (TPSA) is 63.3 Å². The minimum absolute atomic E-state index is 0.247. The molecule has 4 rings (SSSR count). The Kier molecular flexibility index (Phi) is 3.97. The highest BCUT2D eigenvalue weighted by Crippen LogP contribution is 2.37. The molecule has 0 aliphatic carbocycles. The first kappa shape index (κ1) is 15.3. The van der Waals surface area contributed by atoms with E-state index in [1.54, 1.807) is 4.52 Å². The molecule has 2 aromatic carbocycles. The van der Waals surface area contributed by atoms with Gasteiger partial charge in [0.15, 0.2) is 10.8 Å². The number of aromatic nitrogens is 4. The number of rotatable bonds is 2. The van der Waals surface area contributed by atoms with E-state index < -0.39 is 0 Å². The van der Waals surface area contributed by atoms with Crippen LogP contribution in [0.1, 0.15) is 0 Å². The van der Waals surface area contributed by atoms with Gasteiger partial charge in [0.1, 0.15) is 5.75 Å². The molecule has 0 saturated heterocycles. The molecule has 0 amide bonds. The zero-order valence-electron chi connectivity index (χ0n) is 11.4. The van der Waals surface area contributed by atoms with Gasteiger partial charge in [-0.1, -0.05) is 41.7 Å². The third-order valence-electron chi connectivity index (χ3n) is 3.28. The van der Waals surface area contributed by atoms with E-state index in [0.717, 1.165) is 23.3 Å². The van der Waals surface area contributed by atoms with E-state index in [1.165, 1.54) is 11.3 Å². The minimum Gasteiger partial charge on any atom is -0.506 e. The highest BCUT2D eigenvalue weighted by atomic mass is 127. The number of benzene rings is 2. The standard InChI is InChI=1S/C15H8I2N4OS/c16-9-6-10(12(22)11(17)7-9)14-20-21-13(18-19-15(21)23-14)8-4-2-1-3-5-8/h1-7,22H. The summed E-state index contributed by atoms with van der Waals surface area (Å²) in [5.74, 6) is 0.945. The van der Waals surface area contributed by atoms with E-state index in [0.29, 0.717) is 10.8 Å². The number of hydrogen-bond donors (Lipinski definition) is 1. The molecule has 23 heavy (non-hydrogen) atoms. The molecule has 0 spiro atoms. The summed E-state index contributed by atoms with van der Waals surface area (Å²) in [7, 11) is 0. The van der Waals surface area contributed by atoms with Gasteiger partial charge in [-0.05, 0) is 57.3 Å². The molecule has 1 N–H and O–H groups in total. The quantitative estimate of drug-likeness (QED) is 0.378. The molecule has 0 radical (unpaired) electrons. The third-order valence-corrected chi connectivity index (χ3v) is 5.66. The molecule has 4 aromatic rings. The van der Waals surface area contributed by atoms with Gasteiger partial charge in [-0.25, -0.2) is 0 Å². The average molecular weight is 546 g/mol. The van der Waals surface area contributed by atoms with E-state index in [1.807, 2.05) is 42.5 Å². The van der Waals surface area contributed by atoms with E-state index in [-0.39, 0.29) is 5.75 Å². The normalized spacial score (nSPS) is 11.2. The molecule has 0 bridgehead atoms. The van der Waals surface area contributed by atoms with Crippen molar-refractivity contribution in [3.8, 4) is 27.7 Å². The van der Waals surface area contributed by atoms with Crippen LogP contribution in [0, 0.1) is 7.14 Å². The fourth-order valence-electron chi connectivity index (χ4n) is 2.22. The van der Waals surface area contributed by atoms with Gasteiger partial charge in [-0.15, -0.1) is 10.2 Å². The maximum Gasteiger partial charge on any atom is 0.235 e. The molecule has 114 valence electrons. The second-order valence-electron chi connectivity index (χ2n) is 4.78. The van der Waals surface area contributed by atoms with Crippen LogP contribution in [0.3, 0.4) is 0 Å². The largest absolute Gasteiger partial charge is 0.506 e. The Bertz CT molecular complexity index is 1010. The van der Waals surface area contributed by atoms with Gasteiger partial charge < -0.3 is 5.11 Å². The van der Waals surface area contributed by atoms with Crippen molar-refractivity contribution >= 4 is 61.5 Å². The number of hydrogen-bond acceptors (Lipinski definition) is 5. The predicted octanol–water partition coefficient (Wildman–Crippen LogP) is 4.43.